The molecule has 3 aliphatic rings. The molecule has 0 aromatic heterocycles. The Balaban J connectivity index is 1.50. The molecule has 3 rings (SSSR count). The lowest BCUT2D eigenvalue weighted by Crippen LogP contribution is -2.45. The van der Waals surface area contributed by atoms with E-state index in [4.69, 9.17) is 4.74 Å². The Labute approximate surface area is 116 Å². The highest BCUT2D eigenvalue weighted by molar-refractivity contribution is 5.78. The molecule has 2 aliphatic heterocycles. The summed E-state index contributed by atoms with van der Waals surface area (Å²) in [4.78, 5) is 14.4. The normalized spacial score (nSPS) is 26.5. The minimum absolute atomic E-state index is 0.357. The molecule has 0 saturated carbocycles. The lowest BCUT2D eigenvalue weighted by molar-refractivity contribution is -0.134. The number of carbonyl (C=O) groups excluding carboxylic acids is 1. The summed E-state index contributed by atoms with van der Waals surface area (Å²) in [5.41, 5.74) is 1.86. The Bertz CT molecular complexity index is 359. The minimum atomic E-state index is 0.357. The first-order valence-electron chi connectivity index (χ1n) is 7.81. The molecule has 0 aromatic carbocycles. The quantitative estimate of drug-likeness (QED) is 0.717. The van der Waals surface area contributed by atoms with Crippen LogP contribution in [0.2, 0.25) is 0 Å². The summed E-state index contributed by atoms with van der Waals surface area (Å²) in [5.74, 6) is 0.357. The summed E-state index contributed by atoms with van der Waals surface area (Å²) < 4.78 is 5.47. The standard InChI is InChI=1S/C16H25NO2/c18-15(13-14-3-1-2-4-14)17-9-5-16(6-10-17)7-11-19-12-8-16/h3H,1-2,4-13H2. The molecule has 1 spiro atoms. The summed E-state index contributed by atoms with van der Waals surface area (Å²) in [5, 5.41) is 0. The van der Waals surface area contributed by atoms with Crippen LogP contribution >= 0.6 is 0 Å². The smallest absolute Gasteiger partial charge is 0.226 e. The predicted octanol–water partition coefficient (Wildman–Crippen LogP) is 2.91. The number of carbonyl (C=O) groups is 1. The number of amides is 1. The zero-order chi connectivity index (χ0) is 13.1. The van der Waals surface area contributed by atoms with Crippen molar-refractivity contribution in [2.45, 2.75) is 51.4 Å². The highest BCUT2D eigenvalue weighted by Gasteiger charge is 2.37. The summed E-state index contributed by atoms with van der Waals surface area (Å²) in [7, 11) is 0. The van der Waals surface area contributed by atoms with Gasteiger partial charge < -0.3 is 9.64 Å². The van der Waals surface area contributed by atoms with Crippen molar-refractivity contribution in [3.05, 3.63) is 11.6 Å². The number of likely N-dealkylation sites (tertiary alicyclic amines) is 1. The Morgan fingerprint density at radius 1 is 1.21 bits per heavy atom. The SMILES string of the molecule is O=C(CC1=CCCC1)N1CCC2(CCOCC2)CC1. The van der Waals surface area contributed by atoms with E-state index in [1.54, 1.807) is 0 Å². The first kappa shape index (κ1) is 13.2. The molecule has 0 N–H and O–H groups in total. The van der Waals surface area contributed by atoms with Gasteiger partial charge in [-0.1, -0.05) is 11.6 Å². The van der Waals surface area contributed by atoms with Gasteiger partial charge in [0.2, 0.25) is 5.91 Å². The number of rotatable bonds is 2. The zero-order valence-corrected chi connectivity index (χ0v) is 11.8. The van der Waals surface area contributed by atoms with E-state index < -0.39 is 0 Å². The molecule has 0 bridgehead atoms. The summed E-state index contributed by atoms with van der Waals surface area (Å²) in [6.07, 6.45) is 11.2. The van der Waals surface area contributed by atoms with E-state index in [1.807, 2.05) is 0 Å². The van der Waals surface area contributed by atoms with Crippen LogP contribution in [0.15, 0.2) is 11.6 Å². The van der Waals surface area contributed by atoms with E-state index in [2.05, 4.69) is 11.0 Å². The molecule has 1 aliphatic carbocycles. The number of piperidine rings is 1. The third-order valence-electron chi connectivity index (χ3n) is 5.24. The van der Waals surface area contributed by atoms with Crippen LogP contribution in [0.25, 0.3) is 0 Å². The van der Waals surface area contributed by atoms with Crippen LogP contribution in [0.4, 0.5) is 0 Å². The van der Waals surface area contributed by atoms with Gasteiger partial charge in [-0.25, -0.2) is 0 Å². The van der Waals surface area contributed by atoms with Crippen molar-refractivity contribution in [1.29, 1.82) is 0 Å². The molecule has 2 saturated heterocycles. The molecular weight excluding hydrogens is 238 g/mol. The van der Waals surface area contributed by atoms with Crippen molar-refractivity contribution in [1.82, 2.24) is 4.90 Å². The molecule has 106 valence electrons. The molecule has 0 unspecified atom stereocenters. The second-order valence-electron chi connectivity index (χ2n) is 6.42. The van der Waals surface area contributed by atoms with E-state index in [9.17, 15) is 4.79 Å². The van der Waals surface area contributed by atoms with Gasteiger partial charge in [-0.15, -0.1) is 0 Å². The molecule has 2 heterocycles. The molecule has 0 atom stereocenters. The lowest BCUT2D eigenvalue weighted by Gasteiger charge is -2.44. The predicted molar refractivity (Wildman–Crippen MR) is 74.9 cm³/mol. The Morgan fingerprint density at radius 2 is 1.95 bits per heavy atom. The first-order chi connectivity index (χ1) is 9.27. The monoisotopic (exact) mass is 263 g/mol. The molecule has 3 heteroatoms. The highest BCUT2D eigenvalue weighted by Crippen LogP contribution is 2.40. The number of ether oxygens (including phenoxy) is 1. The fourth-order valence-electron chi connectivity index (χ4n) is 3.74. The maximum absolute atomic E-state index is 12.3. The molecule has 0 aromatic rings. The maximum Gasteiger partial charge on any atom is 0.226 e. The second kappa shape index (κ2) is 5.66. The third-order valence-corrected chi connectivity index (χ3v) is 5.24. The van der Waals surface area contributed by atoms with Gasteiger partial charge in [0, 0.05) is 32.7 Å². The average molecular weight is 263 g/mol. The number of allylic oxidation sites excluding steroid dienone is 1. The van der Waals surface area contributed by atoms with Crippen LogP contribution in [0.5, 0.6) is 0 Å². The van der Waals surface area contributed by atoms with Crippen molar-refractivity contribution in [2.24, 2.45) is 5.41 Å². The maximum atomic E-state index is 12.3. The molecule has 1 amide bonds. The summed E-state index contributed by atoms with van der Waals surface area (Å²) in [6.45, 7) is 3.76. The van der Waals surface area contributed by atoms with Crippen LogP contribution in [0.3, 0.4) is 0 Å². The number of hydrogen-bond donors (Lipinski definition) is 0. The number of nitrogens with zero attached hydrogens (tertiary/aromatic N) is 1. The van der Waals surface area contributed by atoms with E-state index >= 15 is 0 Å². The Kier molecular flexibility index (Phi) is 3.92. The van der Waals surface area contributed by atoms with Crippen molar-refractivity contribution in [3.63, 3.8) is 0 Å². The molecular formula is C16H25NO2. The summed E-state index contributed by atoms with van der Waals surface area (Å²) in [6, 6.07) is 0. The highest BCUT2D eigenvalue weighted by atomic mass is 16.5. The van der Waals surface area contributed by atoms with Gasteiger partial charge in [0.05, 0.1) is 0 Å². The van der Waals surface area contributed by atoms with Crippen molar-refractivity contribution in [3.8, 4) is 0 Å². The number of hydrogen-bond acceptors (Lipinski definition) is 2. The first-order valence-corrected chi connectivity index (χ1v) is 7.81. The zero-order valence-electron chi connectivity index (χ0n) is 11.8. The van der Waals surface area contributed by atoms with Crippen LogP contribution < -0.4 is 0 Å². The van der Waals surface area contributed by atoms with Crippen molar-refractivity contribution in [2.75, 3.05) is 26.3 Å². The van der Waals surface area contributed by atoms with E-state index in [0.717, 1.165) is 32.7 Å². The molecule has 2 fully saturated rings. The fourth-order valence-corrected chi connectivity index (χ4v) is 3.74. The van der Waals surface area contributed by atoms with Gasteiger partial charge >= 0.3 is 0 Å². The molecule has 19 heavy (non-hydrogen) atoms. The second-order valence-corrected chi connectivity index (χ2v) is 6.42. The third kappa shape index (κ3) is 3.02. The van der Waals surface area contributed by atoms with Crippen molar-refractivity contribution < 1.29 is 9.53 Å². The van der Waals surface area contributed by atoms with Gasteiger partial charge in [-0.3, -0.25) is 4.79 Å². The van der Waals surface area contributed by atoms with Gasteiger partial charge in [-0.05, 0) is 50.4 Å². The van der Waals surface area contributed by atoms with Gasteiger partial charge in [0.25, 0.3) is 0 Å². The fraction of sp³-hybridized carbons (Fsp3) is 0.812. The van der Waals surface area contributed by atoms with Gasteiger partial charge in [0.15, 0.2) is 0 Å². The van der Waals surface area contributed by atoms with Crippen LogP contribution in [-0.2, 0) is 9.53 Å². The van der Waals surface area contributed by atoms with Crippen molar-refractivity contribution >= 4 is 5.91 Å². The van der Waals surface area contributed by atoms with Crippen LogP contribution in [-0.4, -0.2) is 37.1 Å². The summed E-state index contributed by atoms with van der Waals surface area (Å²) >= 11 is 0. The van der Waals surface area contributed by atoms with E-state index in [1.165, 1.54) is 44.1 Å². The van der Waals surface area contributed by atoms with Gasteiger partial charge in [0.1, 0.15) is 0 Å². The van der Waals surface area contributed by atoms with Gasteiger partial charge in [-0.2, -0.15) is 0 Å². The van der Waals surface area contributed by atoms with E-state index in [0.29, 0.717) is 17.7 Å². The minimum Gasteiger partial charge on any atom is -0.381 e. The molecule has 3 nitrogen and oxygen atoms in total. The van der Waals surface area contributed by atoms with Crippen LogP contribution in [0, 0.1) is 5.41 Å². The largest absolute Gasteiger partial charge is 0.381 e. The lowest BCUT2D eigenvalue weighted by atomic mass is 9.72. The average Bonchev–Trinajstić information content (AvgIpc) is 2.93. The van der Waals surface area contributed by atoms with E-state index in [-0.39, 0.29) is 0 Å². The van der Waals surface area contributed by atoms with Crippen LogP contribution in [0.1, 0.15) is 51.4 Å². The Morgan fingerprint density at radius 3 is 2.58 bits per heavy atom. The topological polar surface area (TPSA) is 29.5 Å². The molecule has 0 radical (unpaired) electrons. The Hall–Kier alpha value is -0.830.